The van der Waals surface area contributed by atoms with Gasteiger partial charge in [0.15, 0.2) is 0 Å². The van der Waals surface area contributed by atoms with E-state index in [1.165, 1.54) is 38.5 Å². The molecule has 1 aliphatic rings. The molecule has 1 heteroatoms. The first-order chi connectivity index (χ1) is 6.33. The average Bonchev–Trinajstić information content (AvgIpc) is 2.56. The molecular formula is C13H23Li. The monoisotopic (exact) mass is 186 g/mol. The zero-order valence-electron chi connectivity index (χ0n) is 9.32. The summed E-state index contributed by atoms with van der Waals surface area (Å²) in [7, 11) is 0. The van der Waals surface area contributed by atoms with Gasteiger partial charge in [0.05, 0.1) is 0 Å². The van der Waals surface area contributed by atoms with E-state index in [1.54, 1.807) is 16.7 Å². The molecule has 0 aromatic rings. The summed E-state index contributed by atoms with van der Waals surface area (Å²) in [5.41, 5.74) is 5.02. The zero-order valence-corrected chi connectivity index (χ0v) is 9.32. The molecule has 0 amide bonds. The van der Waals surface area contributed by atoms with Crippen LogP contribution in [0.15, 0.2) is 22.8 Å². The minimum atomic E-state index is 0. The normalized spacial score (nSPS) is 15.5. The Labute approximate surface area is 101 Å². The summed E-state index contributed by atoms with van der Waals surface area (Å²) in [6.45, 7) is 6.83. The van der Waals surface area contributed by atoms with E-state index >= 15 is 0 Å². The van der Waals surface area contributed by atoms with Crippen LogP contribution in [-0.4, -0.2) is 18.9 Å². The van der Waals surface area contributed by atoms with Crippen LogP contribution < -0.4 is 0 Å². The SMILES string of the molecule is CCCCC1=C(CC)C(CC)=CC1.[LiH]. The minimum absolute atomic E-state index is 0. The molecule has 0 nitrogen and oxygen atoms in total. The van der Waals surface area contributed by atoms with Crippen molar-refractivity contribution in [2.75, 3.05) is 0 Å². The summed E-state index contributed by atoms with van der Waals surface area (Å²) >= 11 is 0. The van der Waals surface area contributed by atoms with Crippen molar-refractivity contribution in [2.45, 2.75) is 59.3 Å². The van der Waals surface area contributed by atoms with Gasteiger partial charge in [0.2, 0.25) is 0 Å². The van der Waals surface area contributed by atoms with Gasteiger partial charge < -0.3 is 0 Å². The van der Waals surface area contributed by atoms with E-state index in [4.69, 9.17) is 0 Å². The molecule has 1 rings (SSSR count). The van der Waals surface area contributed by atoms with Gasteiger partial charge in [0.25, 0.3) is 0 Å². The van der Waals surface area contributed by atoms with Crippen molar-refractivity contribution in [2.24, 2.45) is 0 Å². The van der Waals surface area contributed by atoms with Crippen LogP contribution in [0.5, 0.6) is 0 Å². The van der Waals surface area contributed by atoms with Gasteiger partial charge in [-0.15, -0.1) is 0 Å². The number of rotatable bonds is 5. The van der Waals surface area contributed by atoms with Crippen LogP contribution in [0.1, 0.15) is 59.3 Å². The summed E-state index contributed by atoms with van der Waals surface area (Å²) < 4.78 is 0. The Morgan fingerprint density at radius 3 is 2.36 bits per heavy atom. The quantitative estimate of drug-likeness (QED) is 0.570. The molecule has 0 atom stereocenters. The number of allylic oxidation sites excluding steroid dienone is 4. The van der Waals surface area contributed by atoms with Crippen molar-refractivity contribution in [3.8, 4) is 0 Å². The van der Waals surface area contributed by atoms with E-state index in [1.807, 2.05) is 0 Å². The third kappa shape index (κ3) is 3.34. The Hall–Kier alpha value is 0.0774. The summed E-state index contributed by atoms with van der Waals surface area (Å²) in [6, 6.07) is 0. The van der Waals surface area contributed by atoms with E-state index in [0.717, 1.165) is 0 Å². The van der Waals surface area contributed by atoms with Gasteiger partial charge >= 0.3 is 18.9 Å². The van der Waals surface area contributed by atoms with Gasteiger partial charge in [-0.25, -0.2) is 0 Å². The predicted molar refractivity (Wildman–Crippen MR) is 67.0 cm³/mol. The number of hydrogen-bond acceptors (Lipinski definition) is 0. The van der Waals surface area contributed by atoms with Gasteiger partial charge in [-0.05, 0) is 43.3 Å². The molecule has 0 bridgehead atoms. The Kier molecular flexibility index (Phi) is 7.42. The first kappa shape index (κ1) is 14.1. The molecule has 0 aliphatic heterocycles. The van der Waals surface area contributed by atoms with Crippen molar-refractivity contribution in [1.82, 2.24) is 0 Å². The molecule has 1 aliphatic carbocycles. The van der Waals surface area contributed by atoms with Crippen molar-refractivity contribution in [3.05, 3.63) is 22.8 Å². The second kappa shape index (κ2) is 7.38. The van der Waals surface area contributed by atoms with E-state index in [-0.39, 0.29) is 18.9 Å². The first-order valence-electron chi connectivity index (χ1n) is 5.73. The van der Waals surface area contributed by atoms with Crippen molar-refractivity contribution in [1.29, 1.82) is 0 Å². The molecule has 0 aromatic carbocycles. The van der Waals surface area contributed by atoms with Crippen LogP contribution >= 0.6 is 0 Å². The van der Waals surface area contributed by atoms with Crippen molar-refractivity contribution >= 4 is 18.9 Å². The number of unbranched alkanes of at least 4 members (excludes halogenated alkanes) is 1. The molecule has 0 saturated carbocycles. The number of hydrogen-bond donors (Lipinski definition) is 0. The van der Waals surface area contributed by atoms with Crippen LogP contribution in [0.3, 0.4) is 0 Å². The van der Waals surface area contributed by atoms with Crippen molar-refractivity contribution < 1.29 is 0 Å². The maximum atomic E-state index is 2.43. The fourth-order valence-electron chi connectivity index (χ4n) is 2.20. The second-order valence-electron chi connectivity index (χ2n) is 3.83. The Balaban J connectivity index is 0.00000169. The third-order valence-electron chi connectivity index (χ3n) is 2.98. The molecule has 0 spiro atoms. The van der Waals surface area contributed by atoms with Gasteiger partial charge in [0, 0.05) is 0 Å². The molecule has 0 heterocycles. The van der Waals surface area contributed by atoms with Crippen LogP contribution in [0.4, 0.5) is 0 Å². The van der Waals surface area contributed by atoms with E-state index < -0.39 is 0 Å². The predicted octanol–water partition coefficient (Wildman–Crippen LogP) is 3.97. The zero-order chi connectivity index (χ0) is 9.68. The Morgan fingerprint density at radius 2 is 1.86 bits per heavy atom. The van der Waals surface area contributed by atoms with Gasteiger partial charge in [-0.3, -0.25) is 0 Å². The second-order valence-corrected chi connectivity index (χ2v) is 3.83. The molecule has 14 heavy (non-hydrogen) atoms. The molecule has 0 unspecified atom stereocenters. The van der Waals surface area contributed by atoms with Gasteiger partial charge in [0.1, 0.15) is 0 Å². The molecule has 0 fully saturated rings. The summed E-state index contributed by atoms with van der Waals surface area (Å²) in [4.78, 5) is 0. The molecule has 76 valence electrons. The Morgan fingerprint density at radius 1 is 1.14 bits per heavy atom. The molecule has 0 N–H and O–H groups in total. The molecular weight excluding hydrogens is 163 g/mol. The maximum absolute atomic E-state index is 2.43. The van der Waals surface area contributed by atoms with Crippen molar-refractivity contribution in [3.63, 3.8) is 0 Å². The van der Waals surface area contributed by atoms with Crippen LogP contribution in [-0.2, 0) is 0 Å². The van der Waals surface area contributed by atoms with E-state index in [0.29, 0.717) is 0 Å². The Bertz CT molecular complexity index is 223. The van der Waals surface area contributed by atoms with Crippen LogP contribution in [0.25, 0.3) is 0 Å². The molecule has 0 radical (unpaired) electrons. The average molecular weight is 186 g/mol. The summed E-state index contributed by atoms with van der Waals surface area (Å²) in [5.74, 6) is 0. The molecule has 0 saturated heterocycles. The van der Waals surface area contributed by atoms with Gasteiger partial charge in [-0.1, -0.05) is 38.8 Å². The standard InChI is InChI=1S/C13H22.Li.H/c1-4-7-8-12-10-9-11(5-2)13(12)6-3;;/h9H,4-8,10H2,1-3H3;;. The summed E-state index contributed by atoms with van der Waals surface area (Å²) in [6.07, 6.45) is 10.2. The first-order valence-corrected chi connectivity index (χ1v) is 5.73. The molecule has 0 aromatic heterocycles. The third-order valence-corrected chi connectivity index (χ3v) is 2.98. The fraction of sp³-hybridized carbons (Fsp3) is 0.692. The van der Waals surface area contributed by atoms with E-state index in [2.05, 4.69) is 26.8 Å². The van der Waals surface area contributed by atoms with E-state index in [9.17, 15) is 0 Å². The topological polar surface area (TPSA) is 0 Å². The fourth-order valence-corrected chi connectivity index (χ4v) is 2.20. The van der Waals surface area contributed by atoms with Gasteiger partial charge in [-0.2, -0.15) is 0 Å². The summed E-state index contributed by atoms with van der Waals surface area (Å²) in [5, 5.41) is 0. The van der Waals surface area contributed by atoms with Crippen LogP contribution in [0, 0.1) is 0 Å². The van der Waals surface area contributed by atoms with Crippen LogP contribution in [0.2, 0.25) is 0 Å².